The molecule has 0 unspecified atom stereocenters. The molecule has 2 aromatic heterocycles. The molecule has 0 aromatic carbocycles. The second-order valence-corrected chi connectivity index (χ2v) is 4.99. The Bertz CT molecular complexity index is 542. The maximum Gasteiger partial charge on any atom is 0.132 e. The molecule has 2 aromatic rings. The molecule has 5 nitrogen and oxygen atoms in total. The van der Waals surface area contributed by atoms with Gasteiger partial charge in [0.25, 0.3) is 0 Å². The van der Waals surface area contributed by atoms with Crippen LogP contribution in [0.15, 0.2) is 30.7 Å². The predicted octanol–water partition coefficient (Wildman–Crippen LogP) is 3.05. The van der Waals surface area contributed by atoms with E-state index >= 15 is 0 Å². The fraction of sp³-hybridized carbons (Fsp3) is 0.438. The van der Waals surface area contributed by atoms with Crippen LogP contribution in [-0.4, -0.2) is 28.0 Å². The summed E-state index contributed by atoms with van der Waals surface area (Å²) in [6, 6.07) is 3.95. The summed E-state index contributed by atoms with van der Waals surface area (Å²) in [5, 5.41) is 6.77. The Kier molecular flexibility index (Phi) is 5.94. The third kappa shape index (κ3) is 5.02. The third-order valence-corrected chi connectivity index (χ3v) is 3.14. The molecule has 0 amide bonds. The molecule has 0 saturated carbocycles. The van der Waals surface area contributed by atoms with E-state index in [-0.39, 0.29) is 0 Å². The molecule has 0 spiro atoms. The first-order chi connectivity index (χ1) is 10.3. The number of nitrogens with zero attached hydrogens (tertiary/aromatic N) is 3. The van der Waals surface area contributed by atoms with Crippen LogP contribution < -0.4 is 10.6 Å². The van der Waals surface area contributed by atoms with Gasteiger partial charge in [-0.3, -0.25) is 4.98 Å². The van der Waals surface area contributed by atoms with Gasteiger partial charge in [0.15, 0.2) is 0 Å². The van der Waals surface area contributed by atoms with E-state index in [9.17, 15) is 0 Å². The van der Waals surface area contributed by atoms with E-state index in [0.29, 0.717) is 0 Å². The van der Waals surface area contributed by atoms with Crippen LogP contribution in [-0.2, 0) is 6.42 Å². The largest absolute Gasteiger partial charge is 0.384 e. The van der Waals surface area contributed by atoms with Crippen LogP contribution in [0.1, 0.15) is 31.2 Å². The third-order valence-electron chi connectivity index (χ3n) is 3.14. The molecular formula is C16H23N5. The number of rotatable bonds is 8. The van der Waals surface area contributed by atoms with Crippen LogP contribution >= 0.6 is 0 Å². The molecule has 0 saturated heterocycles. The number of hydrogen-bond acceptors (Lipinski definition) is 5. The molecule has 2 N–H and O–H groups in total. The number of anilines is 2. The molecule has 0 aliphatic carbocycles. The smallest absolute Gasteiger partial charge is 0.132 e. The van der Waals surface area contributed by atoms with Crippen LogP contribution in [0.4, 0.5) is 11.5 Å². The lowest BCUT2D eigenvalue weighted by Gasteiger charge is -2.11. The molecule has 0 aliphatic rings. The van der Waals surface area contributed by atoms with Gasteiger partial charge in [-0.05, 0) is 31.9 Å². The van der Waals surface area contributed by atoms with Crippen molar-refractivity contribution in [3.8, 4) is 0 Å². The van der Waals surface area contributed by atoms with Crippen LogP contribution in [0.5, 0.6) is 0 Å². The fourth-order valence-corrected chi connectivity index (χ4v) is 2.10. The van der Waals surface area contributed by atoms with Crippen molar-refractivity contribution in [2.45, 2.75) is 33.1 Å². The Balaban J connectivity index is 1.76. The van der Waals surface area contributed by atoms with E-state index in [1.165, 1.54) is 5.56 Å². The minimum absolute atomic E-state index is 0.811. The van der Waals surface area contributed by atoms with Crippen LogP contribution in [0, 0.1) is 6.92 Å². The van der Waals surface area contributed by atoms with Crippen molar-refractivity contribution in [2.75, 3.05) is 23.7 Å². The van der Waals surface area contributed by atoms with Gasteiger partial charge in [0.2, 0.25) is 0 Å². The average Bonchev–Trinajstić information content (AvgIpc) is 2.51. The minimum Gasteiger partial charge on any atom is -0.384 e. The summed E-state index contributed by atoms with van der Waals surface area (Å²) >= 11 is 0. The van der Waals surface area contributed by atoms with Crippen molar-refractivity contribution in [1.82, 2.24) is 15.0 Å². The van der Waals surface area contributed by atoms with E-state index in [1.54, 1.807) is 6.20 Å². The normalized spacial score (nSPS) is 10.4. The van der Waals surface area contributed by atoms with E-state index in [1.807, 2.05) is 31.5 Å². The molecule has 0 atom stereocenters. The highest BCUT2D eigenvalue weighted by molar-refractivity contribution is 5.43. The quantitative estimate of drug-likeness (QED) is 0.730. The van der Waals surface area contributed by atoms with Crippen molar-refractivity contribution in [3.63, 3.8) is 0 Å². The number of pyridine rings is 1. The van der Waals surface area contributed by atoms with Gasteiger partial charge in [0.1, 0.15) is 11.6 Å². The van der Waals surface area contributed by atoms with Crippen LogP contribution in [0.2, 0.25) is 0 Å². The summed E-state index contributed by atoms with van der Waals surface area (Å²) in [6.45, 7) is 5.89. The number of hydrogen-bond donors (Lipinski definition) is 2. The molecule has 2 rings (SSSR count). The van der Waals surface area contributed by atoms with Gasteiger partial charge in [-0.25, -0.2) is 9.97 Å². The highest BCUT2D eigenvalue weighted by Gasteiger charge is 2.04. The first-order valence-electron chi connectivity index (χ1n) is 7.50. The monoisotopic (exact) mass is 285 g/mol. The van der Waals surface area contributed by atoms with E-state index in [4.69, 9.17) is 0 Å². The average molecular weight is 285 g/mol. The molecule has 0 bridgehead atoms. The Labute approximate surface area is 126 Å². The van der Waals surface area contributed by atoms with Gasteiger partial charge in [-0.15, -0.1) is 0 Å². The van der Waals surface area contributed by atoms with Gasteiger partial charge in [-0.2, -0.15) is 0 Å². The summed E-state index contributed by atoms with van der Waals surface area (Å²) in [5.74, 6) is 1.79. The Morgan fingerprint density at radius 2 is 2.00 bits per heavy atom. The van der Waals surface area contributed by atoms with Gasteiger partial charge >= 0.3 is 0 Å². The van der Waals surface area contributed by atoms with Crippen LogP contribution in [0.25, 0.3) is 0 Å². The lowest BCUT2D eigenvalue weighted by Crippen LogP contribution is -2.12. The SMILES string of the molecule is CCCc1cnc(C)nc1NCCCNc1cccnc1. The Morgan fingerprint density at radius 3 is 2.76 bits per heavy atom. The summed E-state index contributed by atoms with van der Waals surface area (Å²) in [7, 11) is 0. The highest BCUT2D eigenvalue weighted by atomic mass is 15.0. The van der Waals surface area contributed by atoms with Crippen molar-refractivity contribution in [2.24, 2.45) is 0 Å². The first kappa shape index (κ1) is 15.2. The van der Waals surface area contributed by atoms with Crippen molar-refractivity contribution < 1.29 is 0 Å². The van der Waals surface area contributed by atoms with Crippen LogP contribution in [0.3, 0.4) is 0 Å². The van der Waals surface area contributed by atoms with Crippen molar-refractivity contribution in [1.29, 1.82) is 0 Å². The molecule has 0 radical (unpaired) electrons. The second kappa shape index (κ2) is 8.19. The molecule has 0 fully saturated rings. The lowest BCUT2D eigenvalue weighted by atomic mass is 10.2. The number of aryl methyl sites for hydroxylation is 2. The summed E-state index contributed by atoms with van der Waals surface area (Å²) in [4.78, 5) is 12.8. The van der Waals surface area contributed by atoms with Gasteiger partial charge in [-0.1, -0.05) is 13.3 Å². The summed E-state index contributed by atoms with van der Waals surface area (Å²) in [5.41, 5.74) is 2.25. The highest BCUT2D eigenvalue weighted by Crippen LogP contribution is 2.13. The van der Waals surface area contributed by atoms with Crippen molar-refractivity contribution in [3.05, 3.63) is 42.1 Å². The number of aromatic nitrogens is 3. The Morgan fingerprint density at radius 1 is 1.14 bits per heavy atom. The Hall–Kier alpha value is -2.17. The standard InChI is InChI=1S/C16H23N5/c1-3-6-14-11-20-13(2)21-16(14)19-10-5-9-18-15-7-4-8-17-12-15/h4,7-8,11-12,18H,3,5-6,9-10H2,1-2H3,(H,19,20,21). The second-order valence-electron chi connectivity index (χ2n) is 4.99. The maximum atomic E-state index is 4.49. The lowest BCUT2D eigenvalue weighted by molar-refractivity contribution is 0.865. The zero-order chi connectivity index (χ0) is 14.9. The molecule has 112 valence electrons. The fourth-order valence-electron chi connectivity index (χ4n) is 2.10. The zero-order valence-corrected chi connectivity index (χ0v) is 12.8. The topological polar surface area (TPSA) is 62.7 Å². The summed E-state index contributed by atoms with van der Waals surface area (Å²) in [6.07, 6.45) is 8.67. The van der Waals surface area contributed by atoms with Crippen molar-refractivity contribution >= 4 is 11.5 Å². The number of nitrogens with one attached hydrogen (secondary N) is 2. The maximum absolute atomic E-state index is 4.49. The van der Waals surface area contributed by atoms with E-state index < -0.39 is 0 Å². The summed E-state index contributed by atoms with van der Waals surface area (Å²) < 4.78 is 0. The van der Waals surface area contributed by atoms with Gasteiger partial charge < -0.3 is 10.6 Å². The molecule has 5 heteroatoms. The van der Waals surface area contributed by atoms with E-state index in [2.05, 4.69) is 32.5 Å². The first-order valence-corrected chi connectivity index (χ1v) is 7.50. The van der Waals surface area contributed by atoms with Gasteiger partial charge in [0, 0.05) is 37.2 Å². The zero-order valence-electron chi connectivity index (χ0n) is 12.8. The molecule has 0 aliphatic heterocycles. The molecule has 21 heavy (non-hydrogen) atoms. The van der Waals surface area contributed by atoms with E-state index in [0.717, 1.165) is 49.7 Å². The predicted molar refractivity (Wildman–Crippen MR) is 86.6 cm³/mol. The molecule has 2 heterocycles. The minimum atomic E-state index is 0.811. The molecular weight excluding hydrogens is 262 g/mol. The van der Waals surface area contributed by atoms with Gasteiger partial charge in [0.05, 0.1) is 5.69 Å².